The first-order valence-electron chi connectivity index (χ1n) is 7.53. The van der Waals surface area contributed by atoms with Crippen molar-refractivity contribution in [2.45, 2.75) is 77.8 Å². The highest BCUT2D eigenvalue weighted by atomic mass is 16.4. The maximum absolute atomic E-state index is 11.2. The molecule has 1 unspecified atom stereocenters. The van der Waals surface area contributed by atoms with Crippen LogP contribution in [0.3, 0.4) is 0 Å². The molecule has 0 saturated heterocycles. The Labute approximate surface area is 111 Å². The highest BCUT2D eigenvalue weighted by Gasteiger charge is 2.26. The summed E-state index contributed by atoms with van der Waals surface area (Å²) in [7, 11) is 0. The average Bonchev–Trinajstić information content (AvgIpc) is 2.34. The fraction of sp³-hybridized carbons (Fsp3) is 0.933. The molecule has 106 valence electrons. The van der Waals surface area contributed by atoms with E-state index in [1.165, 1.54) is 12.8 Å². The summed E-state index contributed by atoms with van der Waals surface area (Å²) in [6.45, 7) is 6.69. The molecule has 1 aliphatic carbocycles. The van der Waals surface area contributed by atoms with Gasteiger partial charge in [-0.05, 0) is 43.9 Å². The zero-order valence-corrected chi connectivity index (χ0v) is 12.1. The van der Waals surface area contributed by atoms with Crippen LogP contribution in [-0.4, -0.2) is 23.2 Å². The minimum atomic E-state index is -0.686. The minimum Gasteiger partial charge on any atom is -0.480 e. The van der Waals surface area contributed by atoms with E-state index < -0.39 is 5.97 Å². The van der Waals surface area contributed by atoms with Gasteiger partial charge in [0.05, 0.1) is 0 Å². The van der Waals surface area contributed by atoms with Crippen LogP contribution in [0.2, 0.25) is 0 Å². The molecule has 0 bridgehead atoms. The van der Waals surface area contributed by atoms with Crippen molar-refractivity contribution in [2.75, 3.05) is 0 Å². The summed E-state index contributed by atoms with van der Waals surface area (Å²) in [5.74, 6) is 0.915. The lowest BCUT2D eigenvalue weighted by Gasteiger charge is -2.33. The molecule has 3 heteroatoms. The normalized spacial score (nSPS) is 26.2. The average molecular weight is 255 g/mol. The van der Waals surface area contributed by atoms with Crippen molar-refractivity contribution in [3.8, 4) is 0 Å². The van der Waals surface area contributed by atoms with E-state index in [0.29, 0.717) is 6.04 Å². The summed E-state index contributed by atoms with van der Waals surface area (Å²) in [5.41, 5.74) is 0. The van der Waals surface area contributed by atoms with Crippen LogP contribution < -0.4 is 5.32 Å². The van der Waals surface area contributed by atoms with Gasteiger partial charge in [0.2, 0.25) is 0 Å². The number of aliphatic carboxylic acids is 1. The Balaban J connectivity index is 2.35. The Kier molecular flexibility index (Phi) is 6.69. The van der Waals surface area contributed by atoms with Crippen molar-refractivity contribution in [1.29, 1.82) is 0 Å². The van der Waals surface area contributed by atoms with E-state index in [-0.39, 0.29) is 6.04 Å². The van der Waals surface area contributed by atoms with Gasteiger partial charge in [0.25, 0.3) is 0 Å². The monoisotopic (exact) mass is 255 g/mol. The van der Waals surface area contributed by atoms with Crippen LogP contribution in [0, 0.1) is 11.8 Å². The first-order valence-corrected chi connectivity index (χ1v) is 7.53. The highest BCUT2D eigenvalue weighted by Crippen LogP contribution is 2.30. The third-order valence-electron chi connectivity index (χ3n) is 4.30. The van der Waals surface area contributed by atoms with E-state index in [1.54, 1.807) is 0 Å². The van der Waals surface area contributed by atoms with E-state index in [0.717, 1.165) is 43.9 Å². The molecule has 1 aliphatic rings. The molecule has 3 nitrogen and oxygen atoms in total. The lowest BCUT2D eigenvalue weighted by atomic mass is 9.79. The van der Waals surface area contributed by atoms with Crippen molar-refractivity contribution in [3.63, 3.8) is 0 Å². The number of rotatable bonds is 7. The molecule has 0 radical (unpaired) electrons. The zero-order chi connectivity index (χ0) is 13.5. The zero-order valence-electron chi connectivity index (χ0n) is 12.1. The number of hydrogen-bond acceptors (Lipinski definition) is 2. The topological polar surface area (TPSA) is 49.3 Å². The number of hydrogen-bond donors (Lipinski definition) is 2. The van der Waals surface area contributed by atoms with Crippen molar-refractivity contribution in [1.82, 2.24) is 5.32 Å². The SMILES string of the molecule is CCCCC(NC1CCC(C(C)C)CC1)C(=O)O. The first-order chi connectivity index (χ1) is 8.54. The van der Waals surface area contributed by atoms with E-state index in [9.17, 15) is 9.90 Å². The Morgan fingerprint density at radius 3 is 2.33 bits per heavy atom. The summed E-state index contributed by atoms with van der Waals surface area (Å²) in [4.78, 5) is 11.2. The molecule has 1 atom stereocenters. The van der Waals surface area contributed by atoms with E-state index in [1.807, 2.05) is 0 Å². The molecule has 0 aromatic carbocycles. The Morgan fingerprint density at radius 1 is 1.28 bits per heavy atom. The molecule has 0 amide bonds. The molecule has 0 aromatic rings. The molecular weight excluding hydrogens is 226 g/mol. The Morgan fingerprint density at radius 2 is 1.89 bits per heavy atom. The van der Waals surface area contributed by atoms with Gasteiger partial charge in [-0.15, -0.1) is 0 Å². The van der Waals surface area contributed by atoms with E-state index in [4.69, 9.17) is 0 Å². The van der Waals surface area contributed by atoms with Crippen LogP contribution in [0.4, 0.5) is 0 Å². The maximum atomic E-state index is 11.2. The summed E-state index contributed by atoms with van der Waals surface area (Å²) < 4.78 is 0. The smallest absolute Gasteiger partial charge is 0.320 e. The van der Waals surface area contributed by atoms with E-state index in [2.05, 4.69) is 26.1 Å². The highest BCUT2D eigenvalue weighted by molar-refractivity contribution is 5.73. The van der Waals surface area contributed by atoms with Crippen LogP contribution in [-0.2, 0) is 4.79 Å². The van der Waals surface area contributed by atoms with Crippen molar-refractivity contribution in [2.24, 2.45) is 11.8 Å². The van der Waals surface area contributed by atoms with Gasteiger partial charge in [-0.3, -0.25) is 4.79 Å². The Hall–Kier alpha value is -0.570. The summed E-state index contributed by atoms with van der Waals surface area (Å²) >= 11 is 0. The van der Waals surface area contributed by atoms with Crippen LogP contribution in [0.15, 0.2) is 0 Å². The fourth-order valence-electron chi connectivity index (χ4n) is 2.92. The van der Waals surface area contributed by atoms with Gasteiger partial charge in [0.15, 0.2) is 0 Å². The van der Waals surface area contributed by atoms with Gasteiger partial charge in [-0.1, -0.05) is 33.6 Å². The number of nitrogens with one attached hydrogen (secondary N) is 1. The molecule has 2 N–H and O–H groups in total. The molecule has 0 aromatic heterocycles. The van der Waals surface area contributed by atoms with Crippen LogP contribution in [0.25, 0.3) is 0 Å². The third-order valence-corrected chi connectivity index (χ3v) is 4.30. The molecule has 18 heavy (non-hydrogen) atoms. The summed E-state index contributed by atoms with van der Waals surface area (Å²) in [6, 6.07) is 0.0727. The van der Waals surface area contributed by atoms with Crippen molar-refractivity contribution < 1.29 is 9.90 Å². The van der Waals surface area contributed by atoms with Gasteiger partial charge >= 0.3 is 5.97 Å². The molecule has 0 heterocycles. The lowest BCUT2D eigenvalue weighted by Crippen LogP contribution is -2.45. The second-order valence-electron chi connectivity index (χ2n) is 6.06. The predicted molar refractivity (Wildman–Crippen MR) is 74.7 cm³/mol. The molecule has 0 aliphatic heterocycles. The maximum Gasteiger partial charge on any atom is 0.320 e. The molecule has 1 fully saturated rings. The van der Waals surface area contributed by atoms with Gasteiger partial charge in [0, 0.05) is 6.04 Å². The quantitative estimate of drug-likeness (QED) is 0.732. The number of carboxylic acids is 1. The standard InChI is InChI=1S/C15H29NO2/c1-4-5-6-14(15(17)18)16-13-9-7-12(8-10-13)11(2)3/h11-14,16H,4-10H2,1-3H3,(H,17,18). The molecule has 0 spiro atoms. The number of carbonyl (C=O) groups is 1. The molecular formula is C15H29NO2. The second-order valence-corrected chi connectivity index (χ2v) is 6.06. The van der Waals surface area contributed by atoms with Crippen molar-refractivity contribution in [3.05, 3.63) is 0 Å². The lowest BCUT2D eigenvalue weighted by molar-refractivity contribution is -0.140. The van der Waals surface area contributed by atoms with Crippen LogP contribution in [0.5, 0.6) is 0 Å². The summed E-state index contributed by atoms with van der Waals surface area (Å²) in [6.07, 6.45) is 7.58. The van der Waals surface area contributed by atoms with Crippen LogP contribution >= 0.6 is 0 Å². The van der Waals surface area contributed by atoms with E-state index >= 15 is 0 Å². The first kappa shape index (κ1) is 15.5. The van der Waals surface area contributed by atoms with Gasteiger partial charge in [0.1, 0.15) is 6.04 Å². The van der Waals surface area contributed by atoms with Gasteiger partial charge in [-0.2, -0.15) is 0 Å². The second kappa shape index (κ2) is 7.78. The third kappa shape index (κ3) is 4.97. The Bertz CT molecular complexity index is 245. The number of unbranched alkanes of at least 4 members (excludes halogenated alkanes) is 1. The van der Waals surface area contributed by atoms with Crippen LogP contribution in [0.1, 0.15) is 65.7 Å². The predicted octanol–water partition coefficient (Wildman–Crippen LogP) is 3.43. The minimum absolute atomic E-state index is 0.342. The van der Waals surface area contributed by atoms with Gasteiger partial charge < -0.3 is 10.4 Å². The molecule has 1 rings (SSSR count). The van der Waals surface area contributed by atoms with Gasteiger partial charge in [-0.25, -0.2) is 0 Å². The van der Waals surface area contributed by atoms with Crippen molar-refractivity contribution >= 4 is 5.97 Å². The number of carboxylic acid groups (broad SMARTS) is 1. The summed E-state index contributed by atoms with van der Waals surface area (Å²) in [5, 5.41) is 12.6. The molecule has 1 saturated carbocycles. The fourth-order valence-corrected chi connectivity index (χ4v) is 2.92. The largest absolute Gasteiger partial charge is 0.480 e.